The first-order valence-corrected chi connectivity index (χ1v) is 16.8. The SMILES string of the molecule is O=C(NO)[C@@H](Cc1ccccc1)NS(=O)(=O)c1ccc(-n2cc(CCn3nc4c(Br)c(Br)c(Br)c(Br)c4n3)nn2)cc1. The molecule has 42 heavy (non-hydrogen) atoms. The van der Waals surface area contributed by atoms with E-state index in [4.69, 9.17) is 5.21 Å². The van der Waals surface area contributed by atoms with Crippen LogP contribution in [0.15, 0.2) is 83.6 Å². The highest BCUT2D eigenvalue weighted by Gasteiger charge is 2.26. The molecule has 0 bridgehead atoms. The van der Waals surface area contributed by atoms with Crippen LogP contribution in [0.25, 0.3) is 16.7 Å². The number of hydroxylamine groups is 1. The van der Waals surface area contributed by atoms with Crippen LogP contribution >= 0.6 is 63.7 Å². The Morgan fingerprint density at radius 3 is 2.12 bits per heavy atom. The second-order valence-corrected chi connectivity index (χ2v) is 13.9. The van der Waals surface area contributed by atoms with Crippen molar-refractivity contribution in [2.45, 2.75) is 30.3 Å². The van der Waals surface area contributed by atoms with Crippen LogP contribution in [0.2, 0.25) is 0 Å². The van der Waals surface area contributed by atoms with Gasteiger partial charge in [-0.2, -0.15) is 19.7 Å². The van der Waals surface area contributed by atoms with Crippen molar-refractivity contribution in [1.29, 1.82) is 0 Å². The maximum absolute atomic E-state index is 13.0. The number of hydrogen-bond donors (Lipinski definition) is 3. The van der Waals surface area contributed by atoms with Crippen LogP contribution in [0.3, 0.4) is 0 Å². The molecule has 0 fully saturated rings. The Morgan fingerprint density at radius 1 is 0.905 bits per heavy atom. The number of benzene rings is 3. The predicted molar refractivity (Wildman–Crippen MR) is 168 cm³/mol. The van der Waals surface area contributed by atoms with Gasteiger partial charge in [0.05, 0.1) is 38.0 Å². The molecule has 0 aliphatic heterocycles. The fourth-order valence-electron chi connectivity index (χ4n) is 4.05. The molecule has 0 spiro atoms. The number of hydrogen-bond acceptors (Lipinski definition) is 8. The highest BCUT2D eigenvalue weighted by atomic mass is 79.9. The van der Waals surface area contributed by atoms with E-state index >= 15 is 0 Å². The number of fused-ring (bicyclic) bond motifs is 1. The van der Waals surface area contributed by atoms with Gasteiger partial charge in [-0.25, -0.2) is 18.6 Å². The number of amides is 1. The molecule has 3 aromatic carbocycles. The molecule has 3 N–H and O–H groups in total. The number of halogens is 4. The van der Waals surface area contributed by atoms with Gasteiger partial charge in [-0.3, -0.25) is 10.0 Å². The van der Waals surface area contributed by atoms with Crippen molar-refractivity contribution in [2.24, 2.45) is 0 Å². The number of sulfonamides is 1. The van der Waals surface area contributed by atoms with Crippen molar-refractivity contribution in [3.63, 3.8) is 0 Å². The Bertz CT molecular complexity index is 1820. The third-order valence-electron chi connectivity index (χ3n) is 6.18. The highest BCUT2D eigenvalue weighted by molar-refractivity contribution is 9.15. The molecule has 1 atom stereocenters. The van der Waals surface area contributed by atoms with Gasteiger partial charge in [-0.1, -0.05) is 35.5 Å². The molecule has 1 amide bonds. The molecule has 2 heterocycles. The van der Waals surface area contributed by atoms with Gasteiger partial charge < -0.3 is 0 Å². The third-order valence-corrected chi connectivity index (χ3v) is 12.4. The van der Waals surface area contributed by atoms with E-state index in [1.807, 2.05) is 6.07 Å². The van der Waals surface area contributed by atoms with Crippen molar-refractivity contribution in [2.75, 3.05) is 0 Å². The van der Waals surface area contributed by atoms with Gasteiger partial charge in [-0.05, 0) is 100.0 Å². The zero-order valence-corrected chi connectivity index (χ0v) is 28.4. The summed E-state index contributed by atoms with van der Waals surface area (Å²) < 4.78 is 33.2. The fraction of sp³-hybridized carbons (Fsp3) is 0.160. The van der Waals surface area contributed by atoms with Crippen molar-refractivity contribution in [1.82, 2.24) is 40.2 Å². The Labute approximate surface area is 273 Å². The minimum Gasteiger partial charge on any atom is -0.289 e. The van der Waals surface area contributed by atoms with Crippen LogP contribution in [0, 0.1) is 0 Å². The Balaban J connectivity index is 1.26. The summed E-state index contributed by atoms with van der Waals surface area (Å²) in [5.74, 6) is -0.867. The molecule has 0 radical (unpaired) electrons. The first kappa shape index (κ1) is 30.9. The smallest absolute Gasteiger partial charge is 0.261 e. The second-order valence-electron chi connectivity index (χ2n) is 8.99. The fourth-order valence-corrected chi connectivity index (χ4v) is 7.48. The molecule has 0 aliphatic rings. The lowest BCUT2D eigenvalue weighted by Crippen LogP contribution is -2.47. The third kappa shape index (κ3) is 6.66. The minimum absolute atomic E-state index is 0.0530. The minimum atomic E-state index is -4.09. The standard InChI is InChI=1S/C25H20Br4N8O4S/c26-19-20(27)22(29)24-23(21(19)28)31-37(32-24)11-10-15-13-36(35-30-15)16-6-8-17(9-7-16)42(40,41)34-18(25(38)33-39)12-14-4-2-1-3-5-14/h1-9,13,18,34,39H,10-12H2,(H,33,38)/t18-/m1/s1. The Kier molecular flexibility index (Phi) is 9.56. The van der Waals surface area contributed by atoms with Crippen LogP contribution < -0.4 is 10.2 Å². The average molecular weight is 848 g/mol. The summed E-state index contributed by atoms with van der Waals surface area (Å²) in [4.78, 5) is 13.7. The normalized spacial score (nSPS) is 12.5. The van der Waals surface area contributed by atoms with E-state index in [9.17, 15) is 13.2 Å². The molecule has 0 saturated heterocycles. The van der Waals surface area contributed by atoms with E-state index in [2.05, 4.69) is 89.0 Å². The van der Waals surface area contributed by atoms with Gasteiger partial charge in [0, 0.05) is 15.4 Å². The molecule has 0 aliphatic carbocycles. The quantitative estimate of drug-likeness (QED) is 0.0791. The van der Waals surface area contributed by atoms with Crippen molar-refractivity contribution < 1.29 is 18.4 Å². The maximum atomic E-state index is 13.0. The number of rotatable bonds is 10. The summed E-state index contributed by atoms with van der Waals surface area (Å²) in [5.41, 5.74) is 4.94. The molecule has 2 aromatic heterocycles. The molecular formula is C25H20Br4N8O4S. The molecular weight excluding hydrogens is 828 g/mol. The largest absolute Gasteiger partial charge is 0.289 e. The Morgan fingerprint density at radius 2 is 1.52 bits per heavy atom. The Hall–Kier alpha value is -2.54. The van der Waals surface area contributed by atoms with Crippen molar-refractivity contribution >= 4 is 90.7 Å². The molecule has 5 rings (SSSR count). The van der Waals surface area contributed by atoms with E-state index in [0.717, 1.165) is 23.5 Å². The lowest BCUT2D eigenvalue weighted by Gasteiger charge is -2.17. The lowest BCUT2D eigenvalue weighted by molar-refractivity contribution is -0.130. The molecule has 17 heteroatoms. The monoisotopic (exact) mass is 844 g/mol. The van der Waals surface area contributed by atoms with E-state index in [1.165, 1.54) is 22.3 Å². The number of nitrogens with one attached hydrogen (secondary N) is 2. The molecule has 218 valence electrons. The molecule has 5 aromatic rings. The predicted octanol–water partition coefficient (Wildman–Crippen LogP) is 4.70. The zero-order chi connectivity index (χ0) is 30.0. The van der Waals surface area contributed by atoms with Crippen LogP contribution in [-0.2, 0) is 34.2 Å². The van der Waals surface area contributed by atoms with Gasteiger partial charge in [0.2, 0.25) is 10.0 Å². The van der Waals surface area contributed by atoms with E-state index < -0.39 is 22.0 Å². The van der Waals surface area contributed by atoms with E-state index in [-0.39, 0.29) is 11.3 Å². The van der Waals surface area contributed by atoms with Gasteiger partial charge in [0.25, 0.3) is 5.91 Å². The number of aryl methyl sites for hydroxylation is 2. The maximum Gasteiger partial charge on any atom is 0.261 e. The van der Waals surface area contributed by atoms with Crippen LogP contribution in [0.1, 0.15) is 11.3 Å². The van der Waals surface area contributed by atoms with Crippen LogP contribution in [-0.4, -0.2) is 55.6 Å². The molecule has 12 nitrogen and oxygen atoms in total. The van der Waals surface area contributed by atoms with Crippen molar-refractivity contribution in [3.05, 3.63) is 89.9 Å². The number of carbonyl (C=O) groups is 1. The topological polar surface area (TPSA) is 157 Å². The number of nitrogens with zero attached hydrogens (tertiary/aromatic N) is 6. The number of carbonyl (C=O) groups excluding carboxylic acids is 1. The average Bonchev–Trinajstić information content (AvgIpc) is 3.65. The summed E-state index contributed by atoms with van der Waals surface area (Å²) in [6.07, 6.45) is 2.30. The number of aromatic nitrogens is 6. The summed E-state index contributed by atoms with van der Waals surface area (Å²) >= 11 is 14.1. The second kappa shape index (κ2) is 13.0. The summed E-state index contributed by atoms with van der Waals surface area (Å²) in [6.45, 7) is 0.454. The van der Waals surface area contributed by atoms with E-state index in [1.54, 1.807) is 47.4 Å². The first-order chi connectivity index (χ1) is 20.1. The van der Waals surface area contributed by atoms with Crippen LogP contribution in [0.5, 0.6) is 0 Å². The van der Waals surface area contributed by atoms with Crippen molar-refractivity contribution in [3.8, 4) is 5.69 Å². The summed E-state index contributed by atoms with van der Waals surface area (Å²) in [7, 11) is -4.09. The summed E-state index contributed by atoms with van der Waals surface area (Å²) in [5, 5.41) is 26.6. The summed E-state index contributed by atoms with van der Waals surface area (Å²) in [6, 6.07) is 13.6. The van der Waals surface area contributed by atoms with Gasteiger partial charge in [0.15, 0.2) is 0 Å². The van der Waals surface area contributed by atoms with Crippen LogP contribution in [0.4, 0.5) is 0 Å². The van der Waals surface area contributed by atoms with E-state index in [0.29, 0.717) is 35.4 Å². The zero-order valence-electron chi connectivity index (χ0n) is 21.2. The first-order valence-electron chi connectivity index (χ1n) is 12.2. The molecule has 0 unspecified atom stereocenters. The van der Waals surface area contributed by atoms with Gasteiger partial charge in [0.1, 0.15) is 17.1 Å². The van der Waals surface area contributed by atoms with Gasteiger partial charge >= 0.3 is 0 Å². The van der Waals surface area contributed by atoms with Gasteiger partial charge in [-0.15, -0.1) is 5.10 Å². The molecule has 0 saturated carbocycles. The highest BCUT2D eigenvalue weighted by Crippen LogP contribution is 2.42. The lowest BCUT2D eigenvalue weighted by atomic mass is 10.1.